The Bertz CT molecular complexity index is 1250. The zero-order valence-corrected chi connectivity index (χ0v) is 22.6. The average molecular weight is 570 g/mol. The van der Waals surface area contributed by atoms with E-state index in [4.69, 9.17) is 37.4 Å². The van der Waals surface area contributed by atoms with Crippen LogP contribution >= 0.6 is 23.2 Å². The number of benzene rings is 2. The molecule has 2 fully saturated rings. The number of amides is 1. The number of piperazine rings is 1. The summed E-state index contributed by atoms with van der Waals surface area (Å²) in [5, 5.41) is 0.491. The van der Waals surface area contributed by atoms with E-state index in [0.717, 1.165) is 43.1 Å². The summed E-state index contributed by atoms with van der Waals surface area (Å²) >= 11 is 12.0. The van der Waals surface area contributed by atoms with Crippen LogP contribution in [0.3, 0.4) is 0 Å². The van der Waals surface area contributed by atoms with Crippen molar-refractivity contribution in [3.8, 4) is 11.5 Å². The lowest BCUT2D eigenvalue weighted by molar-refractivity contribution is -0.138. The lowest BCUT2D eigenvalue weighted by atomic mass is 10.1. The zero-order chi connectivity index (χ0) is 26.0. The summed E-state index contributed by atoms with van der Waals surface area (Å²) in [5.74, 6) is 1.46. The van der Waals surface area contributed by atoms with Crippen LogP contribution in [0, 0.1) is 0 Å². The van der Waals surface area contributed by atoms with E-state index in [1.165, 1.54) is 22.5 Å². The van der Waals surface area contributed by atoms with Gasteiger partial charge in [0, 0.05) is 45.3 Å². The van der Waals surface area contributed by atoms with Gasteiger partial charge in [0.05, 0.1) is 21.5 Å². The quantitative estimate of drug-likeness (QED) is 0.482. The molecule has 2 saturated heterocycles. The predicted octanol–water partition coefficient (Wildman–Crippen LogP) is 3.24. The first-order chi connectivity index (χ1) is 17.8. The van der Waals surface area contributed by atoms with Crippen molar-refractivity contribution < 1.29 is 27.4 Å². The van der Waals surface area contributed by atoms with Crippen molar-refractivity contribution >= 4 is 39.1 Å². The molecule has 0 saturated carbocycles. The smallest absolute Gasteiger partial charge is 0.248 e. The fraction of sp³-hybridized carbons (Fsp3) is 0.480. The summed E-state index contributed by atoms with van der Waals surface area (Å²) < 4.78 is 44.3. The van der Waals surface area contributed by atoms with E-state index in [-0.39, 0.29) is 41.9 Å². The predicted molar refractivity (Wildman–Crippen MR) is 139 cm³/mol. The van der Waals surface area contributed by atoms with Gasteiger partial charge in [-0.3, -0.25) is 9.69 Å². The van der Waals surface area contributed by atoms with Gasteiger partial charge in [0.1, 0.15) is 6.61 Å². The molecular weight excluding hydrogens is 541 g/mol. The second-order valence-electron chi connectivity index (χ2n) is 9.35. The van der Waals surface area contributed by atoms with Crippen LogP contribution in [-0.4, -0.2) is 87.2 Å². The largest absolute Gasteiger partial charge is 0.454 e. The minimum atomic E-state index is -3.74. The number of carbonyl (C=O) groups is 1. The molecule has 1 unspecified atom stereocenters. The van der Waals surface area contributed by atoms with E-state index < -0.39 is 10.0 Å². The number of sulfonamides is 1. The molecule has 1 amide bonds. The normalized spacial score (nSPS) is 20.5. The number of nitrogens with zero attached hydrogens (tertiary/aromatic N) is 3. The molecule has 3 aliphatic rings. The second-order valence-corrected chi connectivity index (χ2v) is 12.1. The van der Waals surface area contributed by atoms with Crippen LogP contribution in [0.15, 0.2) is 41.3 Å². The summed E-state index contributed by atoms with van der Waals surface area (Å²) in [6, 6.07) is 9.93. The van der Waals surface area contributed by atoms with Crippen molar-refractivity contribution in [2.45, 2.75) is 30.3 Å². The number of fused-ring (bicyclic) bond motifs is 1. The van der Waals surface area contributed by atoms with Crippen LogP contribution in [0.4, 0.5) is 0 Å². The van der Waals surface area contributed by atoms with Crippen LogP contribution in [0.25, 0.3) is 0 Å². The summed E-state index contributed by atoms with van der Waals surface area (Å²) in [7, 11) is -3.74. The molecular formula is C25H29Cl2N3O6S. The molecule has 3 heterocycles. The van der Waals surface area contributed by atoms with Crippen molar-refractivity contribution in [3.05, 3.63) is 52.0 Å². The van der Waals surface area contributed by atoms with Gasteiger partial charge in [-0.15, -0.1) is 0 Å². The molecule has 0 spiro atoms. The van der Waals surface area contributed by atoms with Crippen LogP contribution in [0.1, 0.15) is 18.4 Å². The van der Waals surface area contributed by atoms with Crippen LogP contribution in [0.5, 0.6) is 11.5 Å². The van der Waals surface area contributed by atoms with Gasteiger partial charge in [-0.1, -0.05) is 29.3 Å². The molecule has 3 aliphatic heterocycles. The molecule has 37 heavy (non-hydrogen) atoms. The van der Waals surface area contributed by atoms with Gasteiger partial charge in [-0.2, -0.15) is 4.31 Å². The summed E-state index contributed by atoms with van der Waals surface area (Å²) in [6.07, 6.45) is 1.40. The van der Waals surface area contributed by atoms with Crippen LogP contribution in [-0.2, 0) is 26.1 Å². The highest BCUT2D eigenvalue weighted by atomic mass is 35.5. The first kappa shape index (κ1) is 26.5. The Morgan fingerprint density at radius 1 is 0.973 bits per heavy atom. The molecule has 0 N–H and O–H groups in total. The first-order valence-electron chi connectivity index (χ1n) is 12.2. The summed E-state index contributed by atoms with van der Waals surface area (Å²) in [4.78, 5) is 16.9. The topological polar surface area (TPSA) is 88.6 Å². The van der Waals surface area contributed by atoms with Crippen molar-refractivity contribution in [2.24, 2.45) is 0 Å². The molecule has 0 bridgehead atoms. The van der Waals surface area contributed by atoms with E-state index in [9.17, 15) is 13.2 Å². The third-order valence-electron chi connectivity index (χ3n) is 6.92. The minimum Gasteiger partial charge on any atom is -0.454 e. The molecule has 1 atom stereocenters. The van der Waals surface area contributed by atoms with Crippen LogP contribution < -0.4 is 9.47 Å². The van der Waals surface area contributed by atoms with Crippen LogP contribution in [0.2, 0.25) is 10.0 Å². The third-order valence-corrected chi connectivity index (χ3v) is 9.61. The maximum Gasteiger partial charge on any atom is 0.248 e. The standard InChI is InChI=1S/C25H29Cl2N3O6S/c26-21-5-4-20(13-22(21)27)37(32,33)30-7-1-2-19(30)15-34-16-25(31)29-10-8-28(9-11-29)14-18-3-6-23-24(12-18)36-17-35-23/h3-6,12-13,19H,1-2,7-11,14-17H2. The minimum absolute atomic E-state index is 0.0701. The zero-order valence-electron chi connectivity index (χ0n) is 20.3. The number of halogens is 2. The SMILES string of the molecule is O=C(COCC1CCCN1S(=O)(=O)c1ccc(Cl)c(Cl)c1)N1CCN(Cc2ccc3c(c2)OCO3)CC1. The average Bonchev–Trinajstić information content (AvgIpc) is 3.56. The Hall–Kier alpha value is -2.08. The highest BCUT2D eigenvalue weighted by Crippen LogP contribution is 2.33. The molecule has 0 aliphatic carbocycles. The molecule has 0 aromatic heterocycles. The summed E-state index contributed by atoms with van der Waals surface area (Å²) in [6.45, 7) is 4.29. The van der Waals surface area contributed by atoms with Gasteiger partial charge in [0.2, 0.25) is 22.7 Å². The van der Waals surface area contributed by atoms with Gasteiger partial charge in [-0.25, -0.2) is 8.42 Å². The lowest BCUT2D eigenvalue weighted by Gasteiger charge is -2.34. The van der Waals surface area contributed by atoms with Crippen molar-refractivity contribution in [1.82, 2.24) is 14.1 Å². The highest BCUT2D eigenvalue weighted by Gasteiger charge is 2.36. The van der Waals surface area contributed by atoms with Gasteiger partial charge < -0.3 is 19.1 Å². The number of rotatable bonds is 8. The number of carbonyl (C=O) groups excluding carboxylic acids is 1. The lowest BCUT2D eigenvalue weighted by Crippen LogP contribution is -2.49. The van der Waals surface area contributed by atoms with Crippen molar-refractivity contribution in [2.75, 3.05) is 52.7 Å². The van der Waals surface area contributed by atoms with Gasteiger partial charge in [0.25, 0.3) is 0 Å². The maximum absolute atomic E-state index is 13.1. The number of hydrogen-bond donors (Lipinski definition) is 0. The van der Waals surface area contributed by atoms with E-state index in [0.29, 0.717) is 31.1 Å². The first-order valence-corrected chi connectivity index (χ1v) is 14.4. The van der Waals surface area contributed by atoms with Gasteiger partial charge >= 0.3 is 0 Å². The summed E-state index contributed by atoms with van der Waals surface area (Å²) in [5.41, 5.74) is 1.14. The molecule has 12 heteroatoms. The fourth-order valence-corrected chi connectivity index (χ4v) is 6.96. The maximum atomic E-state index is 13.1. The van der Waals surface area contributed by atoms with Crippen molar-refractivity contribution in [3.63, 3.8) is 0 Å². The Morgan fingerprint density at radius 2 is 1.76 bits per heavy atom. The molecule has 5 rings (SSSR count). The van der Waals surface area contributed by atoms with E-state index in [2.05, 4.69) is 4.90 Å². The Labute approximate surface area is 226 Å². The highest BCUT2D eigenvalue weighted by molar-refractivity contribution is 7.89. The number of ether oxygens (including phenoxy) is 3. The van der Waals surface area contributed by atoms with Crippen molar-refractivity contribution in [1.29, 1.82) is 0 Å². The molecule has 2 aromatic rings. The Balaban J connectivity index is 1.07. The Morgan fingerprint density at radius 3 is 2.54 bits per heavy atom. The van der Waals surface area contributed by atoms with E-state index in [1.54, 1.807) is 4.90 Å². The number of hydrogen-bond acceptors (Lipinski definition) is 7. The molecule has 2 aromatic carbocycles. The Kier molecular flexibility index (Phi) is 8.13. The third kappa shape index (κ3) is 6.00. The van der Waals surface area contributed by atoms with Gasteiger partial charge in [-0.05, 0) is 48.7 Å². The molecule has 9 nitrogen and oxygen atoms in total. The van der Waals surface area contributed by atoms with E-state index >= 15 is 0 Å². The fourth-order valence-electron chi connectivity index (χ4n) is 4.89. The van der Waals surface area contributed by atoms with Gasteiger partial charge in [0.15, 0.2) is 11.5 Å². The molecule has 200 valence electrons. The second kappa shape index (κ2) is 11.3. The molecule has 0 radical (unpaired) electrons. The monoisotopic (exact) mass is 569 g/mol. The van der Waals surface area contributed by atoms with E-state index in [1.807, 2.05) is 18.2 Å².